The lowest BCUT2D eigenvalue weighted by Crippen LogP contribution is -2.44. The third-order valence-electron chi connectivity index (χ3n) is 3.66. The largest absolute Gasteiger partial charge is 0.341 e. The number of hydrogen-bond donors (Lipinski definition) is 2. The summed E-state index contributed by atoms with van der Waals surface area (Å²) in [7, 11) is 0. The molecular formula is C16H35N3O. The van der Waals surface area contributed by atoms with Gasteiger partial charge in [-0.15, -0.1) is 0 Å². The van der Waals surface area contributed by atoms with Gasteiger partial charge in [0.05, 0.1) is 6.04 Å². The first kappa shape index (κ1) is 19.4. The lowest BCUT2D eigenvalue weighted by Gasteiger charge is -2.26. The molecule has 0 heterocycles. The zero-order valence-corrected chi connectivity index (χ0v) is 13.6. The van der Waals surface area contributed by atoms with E-state index in [1.54, 1.807) is 0 Å². The van der Waals surface area contributed by atoms with Crippen LogP contribution in [0, 0.1) is 0 Å². The van der Waals surface area contributed by atoms with Crippen LogP contribution >= 0.6 is 0 Å². The molecule has 120 valence electrons. The smallest absolute Gasteiger partial charge is 0.239 e. The van der Waals surface area contributed by atoms with Gasteiger partial charge in [-0.25, -0.2) is 0 Å². The van der Waals surface area contributed by atoms with Gasteiger partial charge in [-0.1, -0.05) is 46.0 Å². The summed E-state index contributed by atoms with van der Waals surface area (Å²) in [6, 6.07) is -0.343. The van der Waals surface area contributed by atoms with Crippen molar-refractivity contribution in [2.24, 2.45) is 11.5 Å². The van der Waals surface area contributed by atoms with E-state index >= 15 is 0 Å². The van der Waals surface area contributed by atoms with Crippen LogP contribution in [0.5, 0.6) is 0 Å². The summed E-state index contributed by atoms with van der Waals surface area (Å²) in [4.78, 5) is 14.4. The first-order valence-corrected chi connectivity index (χ1v) is 8.41. The van der Waals surface area contributed by atoms with Crippen molar-refractivity contribution in [2.75, 3.05) is 19.6 Å². The van der Waals surface area contributed by atoms with Gasteiger partial charge in [0.2, 0.25) is 5.91 Å². The molecule has 0 aliphatic carbocycles. The van der Waals surface area contributed by atoms with Gasteiger partial charge >= 0.3 is 0 Å². The minimum Gasteiger partial charge on any atom is -0.341 e. The molecular weight excluding hydrogens is 250 g/mol. The van der Waals surface area contributed by atoms with E-state index in [2.05, 4.69) is 13.8 Å². The van der Waals surface area contributed by atoms with E-state index in [1.807, 2.05) is 4.90 Å². The number of carbonyl (C=O) groups is 1. The lowest BCUT2D eigenvalue weighted by molar-refractivity contribution is -0.133. The Balaban J connectivity index is 4.21. The van der Waals surface area contributed by atoms with E-state index in [0.717, 1.165) is 45.2 Å². The molecule has 0 aliphatic heterocycles. The van der Waals surface area contributed by atoms with Crippen molar-refractivity contribution in [3.05, 3.63) is 0 Å². The van der Waals surface area contributed by atoms with E-state index in [1.165, 1.54) is 25.7 Å². The molecule has 0 saturated heterocycles. The lowest BCUT2D eigenvalue weighted by atomic mass is 10.1. The molecule has 4 nitrogen and oxygen atoms in total. The van der Waals surface area contributed by atoms with E-state index in [9.17, 15) is 4.79 Å². The molecule has 0 aromatic rings. The predicted octanol–water partition coefficient (Wildman–Crippen LogP) is 2.65. The Bertz CT molecular complexity index is 224. The van der Waals surface area contributed by atoms with Crippen molar-refractivity contribution in [3.63, 3.8) is 0 Å². The van der Waals surface area contributed by atoms with Crippen LogP contribution in [0.25, 0.3) is 0 Å². The fourth-order valence-corrected chi connectivity index (χ4v) is 2.30. The van der Waals surface area contributed by atoms with Gasteiger partial charge in [0.1, 0.15) is 0 Å². The van der Waals surface area contributed by atoms with Crippen molar-refractivity contribution in [3.8, 4) is 0 Å². The standard InChI is InChI=1S/C16H35N3O/c1-3-5-9-13-19(14-10-6-4-2)16(20)15(18)11-7-8-12-17/h15H,3-14,17-18H2,1-2H3/t15-/m1/s1. The van der Waals surface area contributed by atoms with Gasteiger partial charge in [0.25, 0.3) is 0 Å². The predicted molar refractivity (Wildman–Crippen MR) is 86.5 cm³/mol. The van der Waals surface area contributed by atoms with Gasteiger partial charge in [0.15, 0.2) is 0 Å². The Kier molecular flexibility index (Phi) is 13.0. The summed E-state index contributed by atoms with van der Waals surface area (Å²) < 4.78 is 0. The minimum atomic E-state index is -0.343. The molecule has 4 heteroatoms. The zero-order chi connectivity index (χ0) is 15.2. The third-order valence-corrected chi connectivity index (χ3v) is 3.66. The highest BCUT2D eigenvalue weighted by molar-refractivity contribution is 5.81. The summed E-state index contributed by atoms with van der Waals surface area (Å²) in [5.74, 6) is 0.134. The van der Waals surface area contributed by atoms with Crippen molar-refractivity contribution in [1.29, 1.82) is 0 Å². The maximum Gasteiger partial charge on any atom is 0.239 e. The fourth-order valence-electron chi connectivity index (χ4n) is 2.30. The maximum absolute atomic E-state index is 12.4. The van der Waals surface area contributed by atoms with Crippen molar-refractivity contribution >= 4 is 5.91 Å². The van der Waals surface area contributed by atoms with Gasteiger partial charge < -0.3 is 16.4 Å². The Morgan fingerprint density at radius 3 is 1.95 bits per heavy atom. The molecule has 0 rings (SSSR count). The molecule has 0 fully saturated rings. The minimum absolute atomic E-state index is 0.134. The number of nitrogens with two attached hydrogens (primary N) is 2. The van der Waals surface area contributed by atoms with Gasteiger partial charge in [-0.3, -0.25) is 4.79 Å². The molecule has 20 heavy (non-hydrogen) atoms. The highest BCUT2D eigenvalue weighted by Gasteiger charge is 2.19. The van der Waals surface area contributed by atoms with Crippen LogP contribution in [0.1, 0.15) is 71.6 Å². The normalized spacial score (nSPS) is 12.4. The molecule has 0 radical (unpaired) electrons. The van der Waals surface area contributed by atoms with Crippen molar-refractivity contribution in [2.45, 2.75) is 77.7 Å². The Morgan fingerprint density at radius 2 is 1.50 bits per heavy atom. The first-order chi connectivity index (χ1) is 9.67. The summed E-state index contributed by atoms with van der Waals surface area (Å²) in [6.07, 6.45) is 9.55. The van der Waals surface area contributed by atoms with Crippen LogP contribution in [0.2, 0.25) is 0 Å². The van der Waals surface area contributed by atoms with Gasteiger partial charge in [-0.2, -0.15) is 0 Å². The number of unbranched alkanes of at least 4 members (excludes halogenated alkanes) is 5. The van der Waals surface area contributed by atoms with Crippen LogP contribution in [-0.4, -0.2) is 36.5 Å². The summed E-state index contributed by atoms with van der Waals surface area (Å²) >= 11 is 0. The zero-order valence-electron chi connectivity index (χ0n) is 13.6. The number of amides is 1. The average molecular weight is 285 g/mol. The topological polar surface area (TPSA) is 72.3 Å². The van der Waals surface area contributed by atoms with Crippen LogP contribution in [0.4, 0.5) is 0 Å². The SMILES string of the molecule is CCCCCN(CCCCC)C(=O)[C@H](N)CCCCN. The van der Waals surface area contributed by atoms with Crippen LogP contribution < -0.4 is 11.5 Å². The molecule has 0 unspecified atom stereocenters. The number of carbonyl (C=O) groups excluding carboxylic acids is 1. The molecule has 0 aromatic carbocycles. The van der Waals surface area contributed by atoms with Gasteiger partial charge in [0, 0.05) is 13.1 Å². The molecule has 4 N–H and O–H groups in total. The summed E-state index contributed by atoms with van der Waals surface area (Å²) in [5, 5.41) is 0. The van der Waals surface area contributed by atoms with E-state index in [4.69, 9.17) is 11.5 Å². The first-order valence-electron chi connectivity index (χ1n) is 8.41. The Labute approximate surface area is 125 Å². The average Bonchev–Trinajstić information content (AvgIpc) is 2.45. The second-order valence-corrected chi connectivity index (χ2v) is 5.63. The van der Waals surface area contributed by atoms with Crippen LogP contribution in [0.15, 0.2) is 0 Å². The highest BCUT2D eigenvalue weighted by Crippen LogP contribution is 2.07. The number of nitrogens with zero attached hydrogens (tertiary/aromatic N) is 1. The Morgan fingerprint density at radius 1 is 0.950 bits per heavy atom. The number of rotatable bonds is 13. The maximum atomic E-state index is 12.4. The van der Waals surface area contributed by atoms with Crippen molar-refractivity contribution < 1.29 is 4.79 Å². The molecule has 0 aromatic heterocycles. The molecule has 0 spiro atoms. The second-order valence-electron chi connectivity index (χ2n) is 5.63. The molecule has 0 saturated carbocycles. The van der Waals surface area contributed by atoms with Crippen molar-refractivity contribution in [1.82, 2.24) is 4.90 Å². The molecule has 0 aliphatic rings. The van der Waals surface area contributed by atoms with E-state index in [-0.39, 0.29) is 11.9 Å². The van der Waals surface area contributed by atoms with Gasteiger partial charge in [-0.05, 0) is 32.2 Å². The van der Waals surface area contributed by atoms with Crippen LogP contribution in [-0.2, 0) is 4.79 Å². The summed E-state index contributed by atoms with van der Waals surface area (Å²) in [6.45, 7) is 6.77. The van der Waals surface area contributed by atoms with Crippen LogP contribution in [0.3, 0.4) is 0 Å². The fraction of sp³-hybridized carbons (Fsp3) is 0.938. The summed E-state index contributed by atoms with van der Waals surface area (Å²) in [5.41, 5.74) is 11.5. The Hall–Kier alpha value is -0.610. The van der Waals surface area contributed by atoms with E-state index in [0.29, 0.717) is 6.54 Å². The monoisotopic (exact) mass is 285 g/mol. The molecule has 0 bridgehead atoms. The third kappa shape index (κ3) is 9.32. The quantitative estimate of drug-likeness (QED) is 0.511. The molecule has 1 amide bonds. The van der Waals surface area contributed by atoms with E-state index < -0.39 is 0 Å². The highest BCUT2D eigenvalue weighted by atomic mass is 16.2. The second kappa shape index (κ2) is 13.4. The number of hydrogen-bond acceptors (Lipinski definition) is 3. The molecule has 1 atom stereocenters.